The number of aliphatic hydroxyl groups excluding tert-OH is 1. The van der Waals surface area contributed by atoms with E-state index < -0.39 is 18.0 Å². The molecule has 0 aliphatic carbocycles. The van der Waals surface area contributed by atoms with E-state index in [0.29, 0.717) is 25.1 Å². The van der Waals surface area contributed by atoms with Crippen LogP contribution in [0.25, 0.3) is 10.9 Å². The lowest BCUT2D eigenvalue weighted by atomic mass is 9.81. The highest BCUT2D eigenvalue weighted by molar-refractivity contribution is 7.16. The van der Waals surface area contributed by atoms with Crippen LogP contribution < -0.4 is 4.74 Å². The molecule has 2 N–H and O–H groups in total. The summed E-state index contributed by atoms with van der Waals surface area (Å²) in [6.07, 6.45) is 3.90. The number of piperidine rings is 1. The lowest BCUT2D eigenvalue weighted by Crippen LogP contribution is -2.44. The van der Waals surface area contributed by atoms with E-state index in [0.717, 1.165) is 46.7 Å². The van der Waals surface area contributed by atoms with Gasteiger partial charge in [-0.3, -0.25) is 9.78 Å². The molecule has 0 spiro atoms. The number of pyridine rings is 1. The Kier molecular flexibility index (Phi) is 7.86. The van der Waals surface area contributed by atoms with Crippen molar-refractivity contribution in [3.05, 3.63) is 57.4 Å². The summed E-state index contributed by atoms with van der Waals surface area (Å²) < 4.78 is 6.11. The molecule has 3 aromatic rings. The predicted molar refractivity (Wildman–Crippen MR) is 131 cm³/mol. The normalized spacial score (nSPS) is 20.1. The van der Waals surface area contributed by atoms with E-state index in [-0.39, 0.29) is 5.92 Å². The number of aromatic nitrogens is 1. The summed E-state index contributed by atoms with van der Waals surface area (Å²) in [6, 6.07) is 11.4. The van der Waals surface area contributed by atoms with Crippen molar-refractivity contribution in [3.63, 3.8) is 0 Å². The van der Waals surface area contributed by atoms with Crippen molar-refractivity contribution in [2.45, 2.75) is 31.8 Å². The number of ether oxygens (including phenoxy) is 1. The Morgan fingerprint density at radius 3 is 2.91 bits per heavy atom. The van der Waals surface area contributed by atoms with Crippen LogP contribution in [0.4, 0.5) is 0 Å². The van der Waals surface area contributed by atoms with Gasteiger partial charge in [0.15, 0.2) is 0 Å². The van der Waals surface area contributed by atoms with Crippen LogP contribution in [-0.2, 0) is 11.2 Å². The fourth-order valence-corrected chi connectivity index (χ4v) is 5.82. The van der Waals surface area contributed by atoms with Crippen LogP contribution >= 0.6 is 22.9 Å². The number of carbonyl (C=O) groups is 1. The molecule has 6 nitrogen and oxygen atoms in total. The fourth-order valence-electron chi connectivity index (χ4n) is 4.74. The Morgan fingerprint density at radius 1 is 1.33 bits per heavy atom. The van der Waals surface area contributed by atoms with Gasteiger partial charge in [0, 0.05) is 29.5 Å². The molecular formula is C25H29ClN2O4S. The first-order chi connectivity index (χ1) is 15.9. The van der Waals surface area contributed by atoms with Crippen LogP contribution in [0.2, 0.25) is 4.34 Å². The summed E-state index contributed by atoms with van der Waals surface area (Å²) in [5.74, 6) is -0.413. The maximum atomic E-state index is 12.0. The van der Waals surface area contributed by atoms with Gasteiger partial charge < -0.3 is 19.8 Å². The summed E-state index contributed by atoms with van der Waals surface area (Å²) >= 11 is 7.59. The van der Waals surface area contributed by atoms with Crippen LogP contribution in [0.5, 0.6) is 5.75 Å². The van der Waals surface area contributed by atoms with E-state index in [4.69, 9.17) is 16.3 Å². The quantitative estimate of drug-likeness (QED) is 0.439. The summed E-state index contributed by atoms with van der Waals surface area (Å²) in [5.41, 5.74) is 1.61. The summed E-state index contributed by atoms with van der Waals surface area (Å²) in [5, 5.41) is 21.7. The summed E-state index contributed by atoms with van der Waals surface area (Å²) in [6.45, 7) is 2.25. The Hall–Kier alpha value is -2.19. The van der Waals surface area contributed by atoms with Gasteiger partial charge in [0.1, 0.15) is 5.75 Å². The van der Waals surface area contributed by atoms with Crippen molar-refractivity contribution in [2.24, 2.45) is 11.8 Å². The average Bonchev–Trinajstić information content (AvgIpc) is 3.25. The van der Waals surface area contributed by atoms with Crippen LogP contribution in [0.15, 0.2) is 42.6 Å². The second kappa shape index (κ2) is 10.8. The van der Waals surface area contributed by atoms with E-state index >= 15 is 0 Å². The number of carboxylic acid groups (broad SMARTS) is 1. The average molecular weight is 489 g/mol. The SMILES string of the molecule is COc1ccc2nccc(C(O)CC[C@@H]3CCN(CCc4ccc(Cl)s4)C[C@@H]3C(=O)O)c2c1. The molecule has 0 radical (unpaired) electrons. The number of rotatable bonds is 9. The van der Waals surface area contributed by atoms with Crippen molar-refractivity contribution in [3.8, 4) is 5.75 Å². The zero-order valence-electron chi connectivity index (χ0n) is 18.6. The molecule has 176 valence electrons. The number of benzene rings is 1. The number of hydrogen-bond acceptors (Lipinski definition) is 6. The van der Waals surface area contributed by atoms with Gasteiger partial charge >= 0.3 is 5.97 Å². The van der Waals surface area contributed by atoms with Crippen molar-refractivity contribution in [1.82, 2.24) is 9.88 Å². The van der Waals surface area contributed by atoms with Gasteiger partial charge in [0.2, 0.25) is 0 Å². The number of likely N-dealkylation sites (tertiary alicyclic amines) is 1. The van der Waals surface area contributed by atoms with Crippen LogP contribution in [-0.4, -0.2) is 52.8 Å². The zero-order valence-corrected chi connectivity index (χ0v) is 20.2. The molecule has 2 aromatic heterocycles. The molecule has 1 aliphatic heterocycles. The highest BCUT2D eigenvalue weighted by Gasteiger charge is 2.34. The number of carboxylic acids is 1. The molecule has 0 saturated carbocycles. The third-order valence-electron chi connectivity index (χ3n) is 6.61. The Bertz CT molecular complexity index is 1100. The third kappa shape index (κ3) is 5.84. The molecule has 4 rings (SSSR count). The minimum Gasteiger partial charge on any atom is -0.497 e. The number of methoxy groups -OCH3 is 1. The number of fused-ring (bicyclic) bond motifs is 1. The molecule has 8 heteroatoms. The topological polar surface area (TPSA) is 82.9 Å². The van der Waals surface area contributed by atoms with Gasteiger partial charge in [-0.2, -0.15) is 0 Å². The maximum absolute atomic E-state index is 12.0. The lowest BCUT2D eigenvalue weighted by molar-refractivity contribution is -0.146. The van der Waals surface area contributed by atoms with Crippen LogP contribution in [0.3, 0.4) is 0 Å². The van der Waals surface area contributed by atoms with E-state index in [1.165, 1.54) is 4.88 Å². The van der Waals surface area contributed by atoms with Gasteiger partial charge in [-0.1, -0.05) is 11.6 Å². The molecule has 1 aromatic carbocycles. The predicted octanol–water partition coefficient (Wildman–Crippen LogP) is 5.04. The molecule has 3 heterocycles. The van der Waals surface area contributed by atoms with Gasteiger partial charge in [0.25, 0.3) is 0 Å². The monoisotopic (exact) mass is 488 g/mol. The first-order valence-corrected chi connectivity index (χ1v) is 12.4. The lowest BCUT2D eigenvalue weighted by Gasteiger charge is -2.37. The van der Waals surface area contributed by atoms with E-state index in [9.17, 15) is 15.0 Å². The summed E-state index contributed by atoms with van der Waals surface area (Å²) in [7, 11) is 1.61. The third-order valence-corrected chi connectivity index (χ3v) is 7.90. The van der Waals surface area contributed by atoms with E-state index in [2.05, 4.69) is 9.88 Å². The van der Waals surface area contributed by atoms with Gasteiger partial charge in [-0.15, -0.1) is 11.3 Å². The van der Waals surface area contributed by atoms with Gasteiger partial charge in [0.05, 0.1) is 29.0 Å². The molecule has 1 saturated heterocycles. The van der Waals surface area contributed by atoms with Crippen molar-refractivity contribution in [2.75, 3.05) is 26.7 Å². The fraction of sp³-hybridized carbons (Fsp3) is 0.440. The number of hydrogen-bond donors (Lipinski definition) is 2. The standard InChI is InChI=1S/C25H29ClN2O4S/c1-32-17-3-5-22-20(14-17)19(8-11-27-22)23(29)6-2-16-9-12-28(15-21(16)25(30)31)13-10-18-4-7-24(26)33-18/h3-5,7-8,11,14,16,21,23,29H,2,6,9-10,12-13,15H2,1H3,(H,30,31)/t16-,21+,23?/m1/s1. The smallest absolute Gasteiger partial charge is 0.308 e. The first-order valence-electron chi connectivity index (χ1n) is 11.2. The molecule has 1 unspecified atom stereocenters. The molecular weight excluding hydrogens is 460 g/mol. The molecule has 0 amide bonds. The minimum atomic E-state index is -0.752. The number of thiophene rings is 1. The van der Waals surface area contributed by atoms with Crippen molar-refractivity contribution in [1.29, 1.82) is 0 Å². The largest absolute Gasteiger partial charge is 0.497 e. The van der Waals surface area contributed by atoms with Crippen molar-refractivity contribution < 1.29 is 19.7 Å². The number of nitrogens with zero attached hydrogens (tertiary/aromatic N) is 2. The molecule has 33 heavy (non-hydrogen) atoms. The molecule has 3 atom stereocenters. The number of halogens is 1. The first kappa shape index (κ1) is 24.0. The van der Waals surface area contributed by atoms with E-state index in [1.54, 1.807) is 24.6 Å². The molecule has 0 bridgehead atoms. The van der Waals surface area contributed by atoms with E-state index in [1.807, 2.05) is 36.4 Å². The highest BCUT2D eigenvalue weighted by Crippen LogP contribution is 2.34. The zero-order chi connectivity index (χ0) is 23.4. The van der Waals surface area contributed by atoms with Crippen molar-refractivity contribution >= 4 is 39.8 Å². The number of aliphatic hydroxyl groups is 1. The Morgan fingerprint density at radius 2 is 2.18 bits per heavy atom. The maximum Gasteiger partial charge on any atom is 0.308 e. The molecule has 1 fully saturated rings. The Balaban J connectivity index is 1.37. The number of aliphatic carboxylic acids is 1. The van der Waals surface area contributed by atoms with Crippen LogP contribution in [0.1, 0.15) is 35.8 Å². The second-order valence-electron chi connectivity index (χ2n) is 8.63. The van der Waals surface area contributed by atoms with Gasteiger partial charge in [-0.25, -0.2) is 0 Å². The Labute approximate surface area is 202 Å². The second-order valence-corrected chi connectivity index (χ2v) is 10.4. The molecule has 1 aliphatic rings. The highest BCUT2D eigenvalue weighted by atomic mass is 35.5. The van der Waals surface area contributed by atoms with Gasteiger partial charge in [-0.05, 0) is 80.1 Å². The summed E-state index contributed by atoms with van der Waals surface area (Å²) in [4.78, 5) is 19.9. The van der Waals surface area contributed by atoms with Crippen LogP contribution in [0, 0.1) is 11.8 Å². The minimum absolute atomic E-state index is 0.0484.